The highest BCUT2D eigenvalue weighted by Crippen LogP contribution is 2.09. The van der Waals surface area contributed by atoms with E-state index in [0.717, 1.165) is 0 Å². The number of nitrogens with zero attached hydrogens (tertiary/aromatic N) is 1. The highest BCUT2D eigenvalue weighted by Gasteiger charge is 2.16. The molecule has 0 atom stereocenters. The van der Waals surface area contributed by atoms with Crippen LogP contribution in [-0.2, 0) is 6.61 Å². The minimum atomic E-state index is -0.938. The number of aliphatic hydroxyl groups is 2. The Morgan fingerprint density at radius 1 is 1.67 bits per heavy atom. The van der Waals surface area contributed by atoms with E-state index in [4.69, 9.17) is 5.11 Å². The zero-order chi connectivity index (χ0) is 11.5. The van der Waals surface area contributed by atoms with Crippen molar-refractivity contribution >= 4 is 17.2 Å². The first-order chi connectivity index (χ1) is 6.92. The zero-order valence-corrected chi connectivity index (χ0v) is 9.47. The second-order valence-electron chi connectivity index (χ2n) is 3.80. The molecule has 1 rings (SSSR count). The van der Waals surface area contributed by atoms with E-state index in [1.165, 1.54) is 11.3 Å². The van der Waals surface area contributed by atoms with Gasteiger partial charge in [-0.2, -0.15) is 0 Å². The normalized spacial score (nSPS) is 11.5. The summed E-state index contributed by atoms with van der Waals surface area (Å²) < 4.78 is 0. The second-order valence-corrected chi connectivity index (χ2v) is 4.66. The number of carbonyl (C=O) groups is 1. The maximum Gasteiger partial charge on any atom is 0.280 e. The molecule has 0 unspecified atom stereocenters. The number of aromatic nitrogens is 1. The average Bonchev–Trinajstić information content (AvgIpc) is 2.61. The lowest BCUT2D eigenvalue weighted by molar-refractivity contribution is 0.0694. The van der Waals surface area contributed by atoms with Crippen LogP contribution in [0.4, 0.5) is 0 Å². The van der Waals surface area contributed by atoms with Crippen LogP contribution >= 0.6 is 11.3 Å². The number of amides is 1. The maximum atomic E-state index is 11.5. The van der Waals surface area contributed by atoms with Crippen molar-refractivity contribution < 1.29 is 15.0 Å². The molecule has 0 radical (unpaired) electrons. The first-order valence-electron chi connectivity index (χ1n) is 4.48. The molecule has 1 aromatic heterocycles. The molecule has 0 saturated heterocycles. The molecule has 6 heteroatoms. The summed E-state index contributed by atoms with van der Waals surface area (Å²) in [5, 5.41) is 22.6. The Labute approximate surface area is 91.8 Å². The van der Waals surface area contributed by atoms with Gasteiger partial charge in [0, 0.05) is 11.9 Å². The fraction of sp³-hybridized carbons (Fsp3) is 0.556. The van der Waals surface area contributed by atoms with E-state index in [2.05, 4.69) is 10.3 Å². The van der Waals surface area contributed by atoms with Gasteiger partial charge in [0.05, 0.1) is 17.9 Å². The first kappa shape index (κ1) is 12.1. The van der Waals surface area contributed by atoms with Crippen molar-refractivity contribution in [3.8, 4) is 0 Å². The van der Waals surface area contributed by atoms with E-state index in [1.54, 1.807) is 19.2 Å². The largest absolute Gasteiger partial charge is 0.390 e. The number of hydrogen-bond acceptors (Lipinski definition) is 5. The van der Waals surface area contributed by atoms with Gasteiger partial charge in [0.2, 0.25) is 0 Å². The van der Waals surface area contributed by atoms with Gasteiger partial charge in [0.25, 0.3) is 5.91 Å². The third kappa shape index (κ3) is 3.94. The third-order valence-corrected chi connectivity index (χ3v) is 2.48. The van der Waals surface area contributed by atoms with E-state index in [9.17, 15) is 9.90 Å². The van der Waals surface area contributed by atoms with E-state index in [0.29, 0.717) is 10.7 Å². The number of thiazole rings is 1. The van der Waals surface area contributed by atoms with Crippen molar-refractivity contribution in [2.24, 2.45) is 0 Å². The van der Waals surface area contributed by atoms with Gasteiger partial charge in [0.15, 0.2) is 5.01 Å². The predicted molar refractivity (Wildman–Crippen MR) is 56.7 cm³/mol. The van der Waals surface area contributed by atoms with Crippen LogP contribution in [0.1, 0.15) is 29.3 Å². The Balaban J connectivity index is 2.54. The molecular formula is C9H14N2O3S. The van der Waals surface area contributed by atoms with E-state index >= 15 is 0 Å². The molecule has 84 valence electrons. The highest BCUT2D eigenvalue weighted by atomic mass is 32.1. The molecule has 0 aliphatic carbocycles. The Morgan fingerprint density at radius 3 is 2.80 bits per heavy atom. The first-order valence-corrected chi connectivity index (χ1v) is 5.36. The molecule has 0 fully saturated rings. The average molecular weight is 230 g/mol. The van der Waals surface area contributed by atoms with Gasteiger partial charge < -0.3 is 15.5 Å². The van der Waals surface area contributed by atoms with E-state index in [1.807, 2.05) is 0 Å². The van der Waals surface area contributed by atoms with Crippen LogP contribution in [0.15, 0.2) is 5.38 Å². The minimum absolute atomic E-state index is 0.167. The zero-order valence-electron chi connectivity index (χ0n) is 8.65. The summed E-state index contributed by atoms with van der Waals surface area (Å²) in [5.41, 5.74) is -0.458. The molecular weight excluding hydrogens is 216 g/mol. The Bertz CT molecular complexity index is 343. The van der Waals surface area contributed by atoms with Gasteiger partial charge in [-0.25, -0.2) is 4.98 Å². The molecule has 0 saturated carbocycles. The summed E-state index contributed by atoms with van der Waals surface area (Å²) in [7, 11) is 0. The number of rotatable bonds is 4. The number of hydrogen-bond donors (Lipinski definition) is 3. The molecule has 0 aromatic carbocycles. The van der Waals surface area contributed by atoms with Crippen LogP contribution in [-0.4, -0.2) is 33.3 Å². The minimum Gasteiger partial charge on any atom is -0.390 e. The summed E-state index contributed by atoms with van der Waals surface area (Å²) in [6, 6.07) is 0. The molecule has 1 amide bonds. The quantitative estimate of drug-likeness (QED) is 0.687. The predicted octanol–water partition coefficient (Wildman–Crippen LogP) is 0.136. The molecule has 0 aliphatic heterocycles. The van der Waals surface area contributed by atoms with Gasteiger partial charge in [-0.3, -0.25) is 4.79 Å². The summed E-state index contributed by atoms with van der Waals surface area (Å²) in [5.74, 6) is -0.332. The molecule has 0 bridgehead atoms. The van der Waals surface area contributed by atoms with Crippen molar-refractivity contribution in [3.05, 3.63) is 16.1 Å². The monoisotopic (exact) mass is 230 g/mol. The maximum absolute atomic E-state index is 11.5. The summed E-state index contributed by atoms with van der Waals surface area (Å²) >= 11 is 1.17. The second kappa shape index (κ2) is 4.69. The molecule has 1 heterocycles. The number of carbonyl (C=O) groups excluding carboxylic acids is 1. The van der Waals surface area contributed by atoms with Crippen molar-refractivity contribution in [3.63, 3.8) is 0 Å². The summed E-state index contributed by atoms with van der Waals surface area (Å²) in [6.45, 7) is 3.21. The Kier molecular flexibility index (Phi) is 3.78. The van der Waals surface area contributed by atoms with Gasteiger partial charge in [-0.05, 0) is 13.8 Å². The molecule has 3 N–H and O–H groups in total. The van der Waals surface area contributed by atoms with Gasteiger partial charge in [-0.15, -0.1) is 11.3 Å². The lowest BCUT2D eigenvalue weighted by Gasteiger charge is -2.16. The van der Waals surface area contributed by atoms with Gasteiger partial charge >= 0.3 is 0 Å². The van der Waals surface area contributed by atoms with Crippen LogP contribution < -0.4 is 5.32 Å². The SMILES string of the molecule is CC(C)(O)CNC(=O)c1nc(CO)cs1. The summed E-state index contributed by atoms with van der Waals surface area (Å²) in [6.07, 6.45) is 0. The lowest BCUT2D eigenvalue weighted by atomic mass is 10.1. The van der Waals surface area contributed by atoms with Crippen LogP contribution in [0.25, 0.3) is 0 Å². The van der Waals surface area contributed by atoms with Crippen molar-refractivity contribution in [2.75, 3.05) is 6.54 Å². The number of aliphatic hydroxyl groups excluding tert-OH is 1. The molecule has 5 nitrogen and oxygen atoms in total. The summed E-state index contributed by atoms with van der Waals surface area (Å²) in [4.78, 5) is 15.4. The van der Waals surface area contributed by atoms with Crippen LogP contribution in [0.2, 0.25) is 0 Å². The van der Waals surface area contributed by atoms with Crippen LogP contribution in [0.3, 0.4) is 0 Å². The van der Waals surface area contributed by atoms with Crippen molar-refractivity contribution in [1.29, 1.82) is 0 Å². The molecule has 0 spiro atoms. The Morgan fingerprint density at radius 2 is 2.33 bits per heavy atom. The molecule has 15 heavy (non-hydrogen) atoms. The van der Waals surface area contributed by atoms with Crippen molar-refractivity contribution in [2.45, 2.75) is 26.1 Å². The topological polar surface area (TPSA) is 82.5 Å². The molecule has 1 aromatic rings. The number of nitrogens with one attached hydrogen (secondary N) is 1. The standard InChI is InChI=1S/C9H14N2O3S/c1-9(2,14)5-10-7(13)8-11-6(3-12)4-15-8/h4,12,14H,3,5H2,1-2H3,(H,10,13). The van der Waals surface area contributed by atoms with E-state index in [-0.39, 0.29) is 19.1 Å². The van der Waals surface area contributed by atoms with Gasteiger partial charge in [0.1, 0.15) is 0 Å². The molecule has 0 aliphatic rings. The highest BCUT2D eigenvalue weighted by molar-refractivity contribution is 7.11. The lowest BCUT2D eigenvalue weighted by Crippen LogP contribution is -2.38. The third-order valence-electron chi connectivity index (χ3n) is 1.59. The fourth-order valence-electron chi connectivity index (χ4n) is 0.856. The van der Waals surface area contributed by atoms with Gasteiger partial charge in [-0.1, -0.05) is 0 Å². The van der Waals surface area contributed by atoms with Crippen LogP contribution in [0.5, 0.6) is 0 Å². The van der Waals surface area contributed by atoms with Crippen LogP contribution in [0, 0.1) is 0 Å². The smallest absolute Gasteiger partial charge is 0.280 e. The van der Waals surface area contributed by atoms with E-state index < -0.39 is 5.60 Å². The Hall–Kier alpha value is -0.980. The fourth-order valence-corrected chi connectivity index (χ4v) is 1.58. The van der Waals surface area contributed by atoms with Crippen molar-refractivity contribution in [1.82, 2.24) is 10.3 Å².